The van der Waals surface area contributed by atoms with Gasteiger partial charge in [-0.25, -0.2) is 4.98 Å². The van der Waals surface area contributed by atoms with Crippen LogP contribution in [0.2, 0.25) is 0 Å². The van der Waals surface area contributed by atoms with Crippen LogP contribution in [0.5, 0.6) is 0 Å². The number of aryl methyl sites for hydroxylation is 1. The van der Waals surface area contributed by atoms with Crippen LogP contribution in [0.1, 0.15) is 21.5 Å². The maximum atomic E-state index is 12.3. The molecule has 1 heterocycles. The van der Waals surface area contributed by atoms with Gasteiger partial charge in [-0.05, 0) is 19.1 Å². The molecular weight excluding hydrogens is 244 g/mol. The fraction of sp³-hybridized carbons (Fsp3) is 0.0714. The second-order valence-corrected chi connectivity index (χ2v) is 4.52. The number of nitriles is 1. The van der Waals surface area contributed by atoms with E-state index in [9.17, 15) is 4.79 Å². The van der Waals surface area contributed by atoms with E-state index in [1.54, 1.807) is 30.5 Å². The standard InChI is InChI=1S/C14H10N2OS/c1-10-4-6-11(7-5-10)13(17)12-3-2-8-16-14(12)18-9-15/h2-8H,1H3. The zero-order chi connectivity index (χ0) is 13.0. The van der Waals surface area contributed by atoms with Crippen LogP contribution in [0.4, 0.5) is 0 Å². The van der Waals surface area contributed by atoms with Crippen LogP contribution < -0.4 is 0 Å². The minimum absolute atomic E-state index is 0.110. The minimum Gasteiger partial charge on any atom is -0.289 e. The van der Waals surface area contributed by atoms with Gasteiger partial charge in [-0.2, -0.15) is 5.26 Å². The summed E-state index contributed by atoms with van der Waals surface area (Å²) in [4.78, 5) is 16.3. The molecular formula is C14H10N2OS. The van der Waals surface area contributed by atoms with Gasteiger partial charge in [0.1, 0.15) is 10.4 Å². The zero-order valence-corrected chi connectivity index (χ0v) is 10.6. The molecule has 1 aromatic heterocycles. The van der Waals surface area contributed by atoms with Crippen LogP contribution in [-0.4, -0.2) is 10.8 Å². The number of carbonyl (C=O) groups excluding carboxylic acids is 1. The third-order valence-electron chi connectivity index (χ3n) is 2.47. The quantitative estimate of drug-likeness (QED) is 0.479. The van der Waals surface area contributed by atoms with E-state index in [1.807, 2.05) is 24.5 Å². The number of benzene rings is 1. The second-order valence-electron chi connectivity index (χ2n) is 3.74. The fourth-order valence-corrected chi connectivity index (χ4v) is 2.02. The number of hydrogen-bond acceptors (Lipinski definition) is 4. The summed E-state index contributed by atoms with van der Waals surface area (Å²) in [6.07, 6.45) is 1.57. The topological polar surface area (TPSA) is 53.8 Å². The minimum atomic E-state index is -0.110. The Morgan fingerprint density at radius 3 is 2.67 bits per heavy atom. The Balaban J connectivity index is 2.40. The SMILES string of the molecule is Cc1ccc(C(=O)c2cccnc2SC#N)cc1. The first-order chi connectivity index (χ1) is 8.72. The van der Waals surface area contributed by atoms with E-state index in [4.69, 9.17) is 5.26 Å². The van der Waals surface area contributed by atoms with E-state index in [-0.39, 0.29) is 5.78 Å². The Labute approximate surface area is 109 Å². The summed E-state index contributed by atoms with van der Waals surface area (Å²) in [5, 5.41) is 11.1. The van der Waals surface area contributed by atoms with Gasteiger partial charge in [0.15, 0.2) is 5.78 Å². The zero-order valence-electron chi connectivity index (χ0n) is 9.75. The molecule has 2 rings (SSSR count). The smallest absolute Gasteiger partial charge is 0.195 e. The molecule has 0 radical (unpaired) electrons. The highest BCUT2D eigenvalue weighted by molar-refractivity contribution is 8.03. The van der Waals surface area contributed by atoms with Gasteiger partial charge in [0.2, 0.25) is 0 Å². The van der Waals surface area contributed by atoms with Crippen molar-refractivity contribution in [1.82, 2.24) is 4.98 Å². The van der Waals surface area contributed by atoms with Gasteiger partial charge in [-0.3, -0.25) is 4.79 Å². The first kappa shape index (κ1) is 12.3. The van der Waals surface area contributed by atoms with E-state index in [1.165, 1.54) is 0 Å². The van der Waals surface area contributed by atoms with Gasteiger partial charge in [0, 0.05) is 23.5 Å². The molecule has 18 heavy (non-hydrogen) atoms. The van der Waals surface area contributed by atoms with Crippen molar-refractivity contribution in [2.45, 2.75) is 11.9 Å². The molecule has 0 fully saturated rings. The van der Waals surface area contributed by atoms with Gasteiger partial charge in [-0.15, -0.1) is 0 Å². The van der Waals surface area contributed by atoms with E-state index >= 15 is 0 Å². The average molecular weight is 254 g/mol. The van der Waals surface area contributed by atoms with Gasteiger partial charge >= 0.3 is 0 Å². The Bertz CT molecular complexity index is 614. The molecule has 0 saturated heterocycles. The lowest BCUT2D eigenvalue weighted by molar-refractivity contribution is 0.103. The van der Waals surface area contributed by atoms with Crippen LogP contribution in [-0.2, 0) is 0 Å². The third-order valence-corrected chi connectivity index (χ3v) is 3.08. The summed E-state index contributed by atoms with van der Waals surface area (Å²) in [6, 6.07) is 10.7. The first-order valence-electron chi connectivity index (χ1n) is 5.34. The molecule has 0 spiro atoms. The number of ketones is 1. The molecule has 0 aliphatic rings. The first-order valence-corrected chi connectivity index (χ1v) is 6.16. The molecule has 0 unspecified atom stereocenters. The highest BCUT2D eigenvalue weighted by Crippen LogP contribution is 2.21. The number of hydrogen-bond donors (Lipinski definition) is 0. The average Bonchev–Trinajstić information content (AvgIpc) is 2.40. The summed E-state index contributed by atoms with van der Waals surface area (Å²) in [5.41, 5.74) is 2.17. The summed E-state index contributed by atoms with van der Waals surface area (Å²) in [6.45, 7) is 1.97. The predicted molar refractivity (Wildman–Crippen MR) is 70.3 cm³/mol. The van der Waals surface area contributed by atoms with E-state index < -0.39 is 0 Å². The molecule has 0 amide bonds. The van der Waals surface area contributed by atoms with Gasteiger partial charge in [0.05, 0.1) is 5.56 Å². The molecule has 88 valence electrons. The van der Waals surface area contributed by atoms with Crippen molar-refractivity contribution in [2.24, 2.45) is 0 Å². The maximum absolute atomic E-state index is 12.3. The van der Waals surface area contributed by atoms with Gasteiger partial charge < -0.3 is 0 Å². The molecule has 0 N–H and O–H groups in total. The maximum Gasteiger partial charge on any atom is 0.195 e. The lowest BCUT2D eigenvalue weighted by Gasteiger charge is -2.04. The number of aromatic nitrogens is 1. The Hall–Kier alpha value is -2.12. The van der Waals surface area contributed by atoms with Crippen LogP contribution >= 0.6 is 11.8 Å². The summed E-state index contributed by atoms with van der Waals surface area (Å²) in [7, 11) is 0. The van der Waals surface area contributed by atoms with Crippen molar-refractivity contribution in [1.29, 1.82) is 5.26 Å². The highest BCUT2D eigenvalue weighted by Gasteiger charge is 2.14. The van der Waals surface area contributed by atoms with Crippen LogP contribution in [0.3, 0.4) is 0 Å². The largest absolute Gasteiger partial charge is 0.289 e. The van der Waals surface area contributed by atoms with Crippen molar-refractivity contribution in [3.63, 3.8) is 0 Å². The molecule has 2 aromatic rings. The second kappa shape index (κ2) is 5.48. The molecule has 4 heteroatoms. The number of thioether (sulfide) groups is 1. The summed E-state index contributed by atoms with van der Waals surface area (Å²) >= 11 is 0.902. The van der Waals surface area contributed by atoms with Crippen molar-refractivity contribution in [3.8, 4) is 5.40 Å². The van der Waals surface area contributed by atoms with Crippen LogP contribution in [0, 0.1) is 17.6 Å². The molecule has 0 saturated carbocycles. The van der Waals surface area contributed by atoms with Gasteiger partial charge in [0.25, 0.3) is 0 Å². The molecule has 0 bridgehead atoms. The van der Waals surface area contributed by atoms with Crippen LogP contribution in [0.15, 0.2) is 47.6 Å². The van der Waals surface area contributed by atoms with E-state index in [2.05, 4.69) is 4.98 Å². The monoisotopic (exact) mass is 254 g/mol. The molecule has 0 atom stereocenters. The molecule has 1 aromatic carbocycles. The van der Waals surface area contributed by atoms with Gasteiger partial charge in [-0.1, -0.05) is 29.8 Å². The predicted octanol–water partition coefficient (Wildman–Crippen LogP) is 3.19. The lowest BCUT2D eigenvalue weighted by Crippen LogP contribution is -2.03. The van der Waals surface area contributed by atoms with E-state index in [0.29, 0.717) is 16.2 Å². The third kappa shape index (κ3) is 2.58. The number of carbonyl (C=O) groups is 1. The molecule has 0 aliphatic carbocycles. The van der Waals surface area contributed by atoms with Crippen LogP contribution in [0.25, 0.3) is 0 Å². The summed E-state index contributed by atoms with van der Waals surface area (Å²) < 4.78 is 0. The fourth-order valence-electron chi connectivity index (χ4n) is 1.55. The molecule has 3 nitrogen and oxygen atoms in total. The number of nitrogens with zero attached hydrogens (tertiary/aromatic N) is 2. The van der Waals surface area contributed by atoms with Crippen molar-refractivity contribution in [3.05, 3.63) is 59.3 Å². The number of pyridine rings is 1. The number of thiocyanates is 1. The molecule has 0 aliphatic heterocycles. The van der Waals surface area contributed by atoms with Crippen molar-refractivity contribution < 1.29 is 4.79 Å². The highest BCUT2D eigenvalue weighted by atomic mass is 32.2. The Morgan fingerprint density at radius 1 is 1.28 bits per heavy atom. The summed E-state index contributed by atoms with van der Waals surface area (Å²) in [5.74, 6) is -0.110. The lowest BCUT2D eigenvalue weighted by atomic mass is 10.0. The Kier molecular flexibility index (Phi) is 3.75. The van der Waals surface area contributed by atoms with Crippen molar-refractivity contribution >= 4 is 17.5 Å². The van der Waals surface area contributed by atoms with E-state index in [0.717, 1.165) is 17.3 Å². The number of rotatable bonds is 3. The Morgan fingerprint density at radius 2 is 2.00 bits per heavy atom. The normalized spacial score (nSPS) is 9.78. The van der Waals surface area contributed by atoms with Crippen molar-refractivity contribution in [2.75, 3.05) is 0 Å².